The van der Waals surface area contributed by atoms with E-state index in [1.54, 1.807) is 0 Å². The Morgan fingerprint density at radius 3 is 2.69 bits per heavy atom. The van der Waals surface area contributed by atoms with Gasteiger partial charge in [0.2, 0.25) is 0 Å². The van der Waals surface area contributed by atoms with Crippen LogP contribution in [0.1, 0.15) is 25.7 Å². The maximum atomic E-state index is 11.7. The molecule has 94 valence electrons. The van der Waals surface area contributed by atoms with E-state index in [9.17, 15) is 8.42 Å². The van der Waals surface area contributed by atoms with Crippen molar-refractivity contribution in [2.45, 2.75) is 37.0 Å². The van der Waals surface area contributed by atoms with Gasteiger partial charge in [-0.15, -0.1) is 0 Å². The van der Waals surface area contributed by atoms with Crippen LogP contribution in [0.2, 0.25) is 0 Å². The molecule has 1 heterocycles. The van der Waals surface area contributed by atoms with Crippen molar-refractivity contribution in [3.63, 3.8) is 0 Å². The van der Waals surface area contributed by atoms with Gasteiger partial charge in [-0.2, -0.15) is 0 Å². The third-order valence-corrected chi connectivity index (χ3v) is 5.46. The minimum Gasteiger partial charge on any atom is -0.315 e. The quantitative estimate of drug-likeness (QED) is 0.759. The minimum atomic E-state index is -2.88. The normalized spacial score (nSPS) is 33.8. The van der Waals surface area contributed by atoms with E-state index in [0.717, 1.165) is 51.9 Å². The van der Waals surface area contributed by atoms with Crippen LogP contribution < -0.4 is 5.32 Å². The van der Waals surface area contributed by atoms with Crippen LogP contribution in [-0.2, 0) is 9.84 Å². The average molecular weight is 246 g/mol. The fraction of sp³-hybridized carbons (Fsp3) is 1.00. The van der Waals surface area contributed by atoms with E-state index in [4.69, 9.17) is 0 Å². The lowest BCUT2D eigenvalue weighted by atomic mass is 10.2. The molecule has 5 heteroatoms. The van der Waals surface area contributed by atoms with Crippen LogP contribution in [0.3, 0.4) is 0 Å². The minimum absolute atomic E-state index is 0.120. The zero-order valence-electron chi connectivity index (χ0n) is 9.98. The van der Waals surface area contributed by atoms with Crippen LogP contribution in [0.15, 0.2) is 0 Å². The third kappa shape index (κ3) is 2.76. The van der Waals surface area contributed by atoms with Crippen LogP contribution in [0.25, 0.3) is 0 Å². The summed E-state index contributed by atoms with van der Waals surface area (Å²) in [6.07, 6.45) is 5.50. The van der Waals surface area contributed by atoms with Gasteiger partial charge in [0.05, 0.1) is 5.25 Å². The van der Waals surface area contributed by atoms with E-state index < -0.39 is 9.84 Å². The molecule has 4 nitrogen and oxygen atoms in total. The number of sulfone groups is 1. The predicted molar refractivity (Wildman–Crippen MR) is 65.3 cm³/mol. The molecule has 0 aromatic rings. The predicted octanol–water partition coefficient (Wildman–Crippen LogP) is 0.247. The summed E-state index contributed by atoms with van der Waals surface area (Å²) in [5.74, 6) is 0. The number of nitrogens with zero attached hydrogens (tertiary/aromatic N) is 1. The molecule has 0 bridgehead atoms. The Labute approximate surface area is 98.3 Å². The number of hydrogen-bond donors (Lipinski definition) is 1. The monoisotopic (exact) mass is 246 g/mol. The van der Waals surface area contributed by atoms with Crippen molar-refractivity contribution in [1.29, 1.82) is 0 Å². The molecule has 0 radical (unpaired) electrons. The molecule has 0 amide bonds. The molecule has 16 heavy (non-hydrogen) atoms. The Morgan fingerprint density at radius 1 is 1.12 bits per heavy atom. The molecule has 2 aliphatic rings. The van der Waals surface area contributed by atoms with Gasteiger partial charge in [-0.25, -0.2) is 8.42 Å². The fourth-order valence-electron chi connectivity index (χ4n) is 3.02. The van der Waals surface area contributed by atoms with Gasteiger partial charge in [-0.05, 0) is 32.4 Å². The molecule has 1 aliphatic heterocycles. The summed E-state index contributed by atoms with van der Waals surface area (Å²) in [5, 5.41) is 3.24. The van der Waals surface area contributed by atoms with E-state index in [1.165, 1.54) is 6.26 Å². The van der Waals surface area contributed by atoms with E-state index in [-0.39, 0.29) is 11.3 Å². The van der Waals surface area contributed by atoms with Crippen molar-refractivity contribution in [1.82, 2.24) is 10.2 Å². The second-order valence-electron chi connectivity index (χ2n) is 5.01. The van der Waals surface area contributed by atoms with Crippen molar-refractivity contribution in [2.75, 3.05) is 32.4 Å². The molecule has 0 spiro atoms. The average Bonchev–Trinajstić information content (AvgIpc) is 2.55. The molecule has 1 aliphatic carbocycles. The van der Waals surface area contributed by atoms with Gasteiger partial charge >= 0.3 is 0 Å². The van der Waals surface area contributed by atoms with Crippen molar-refractivity contribution in [2.24, 2.45) is 0 Å². The SMILES string of the molecule is CS(=O)(=O)C1CCCC1N1CCCNCC1. The highest BCUT2D eigenvalue weighted by Crippen LogP contribution is 2.29. The summed E-state index contributed by atoms with van der Waals surface area (Å²) < 4.78 is 23.5. The van der Waals surface area contributed by atoms with Crippen LogP contribution >= 0.6 is 0 Å². The second-order valence-corrected chi connectivity index (χ2v) is 7.27. The summed E-state index contributed by atoms with van der Waals surface area (Å²) in [4.78, 5) is 2.39. The van der Waals surface area contributed by atoms with Crippen LogP contribution in [-0.4, -0.2) is 57.0 Å². The second kappa shape index (κ2) is 5.02. The Balaban J connectivity index is 2.06. The molecule has 1 saturated heterocycles. The smallest absolute Gasteiger partial charge is 0.151 e. The third-order valence-electron chi connectivity index (χ3n) is 3.81. The lowest BCUT2D eigenvalue weighted by Crippen LogP contribution is -2.45. The molecule has 0 aromatic carbocycles. The Bertz CT molecular complexity index is 321. The highest BCUT2D eigenvalue weighted by atomic mass is 32.2. The van der Waals surface area contributed by atoms with Crippen LogP contribution in [0.5, 0.6) is 0 Å². The van der Waals surface area contributed by atoms with Gasteiger partial charge < -0.3 is 5.32 Å². The number of hydrogen-bond acceptors (Lipinski definition) is 4. The van der Waals surface area contributed by atoms with E-state index in [1.807, 2.05) is 0 Å². The van der Waals surface area contributed by atoms with Crippen molar-refractivity contribution >= 4 is 9.84 Å². The summed E-state index contributed by atoms with van der Waals surface area (Å²) in [6.45, 7) is 4.10. The maximum absolute atomic E-state index is 11.7. The van der Waals surface area contributed by atoms with Crippen LogP contribution in [0, 0.1) is 0 Å². The number of nitrogens with one attached hydrogen (secondary N) is 1. The molecule has 2 fully saturated rings. The van der Waals surface area contributed by atoms with E-state index in [0.29, 0.717) is 0 Å². The van der Waals surface area contributed by atoms with Gasteiger partial charge in [0.15, 0.2) is 9.84 Å². The van der Waals surface area contributed by atoms with Crippen LogP contribution in [0.4, 0.5) is 0 Å². The van der Waals surface area contributed by atoms with E-state index >= 15 is 0 Å². The van der Waals surface area contributed by atoms with Crippen molar-refractivity contribution in [3.05, 3.63) is 0 Å². The van der Waals surface area contributed by atoms with Gasteiger partial charge in [0, 0.05) is 25.4 Å². The Hall–Kier alpha value is -0.130. The summed E-state index contributed by atoms with van der Waals surface area (Å²) in [5.41, 5.74) is 0. The molecule has 0 aromatic heterocycles. The highest BCUT2D eigenvalue weighted by molar-refractivity contribution is 7.91. The Morgan fingerprint density at radius 2 is 1.94 bits per heavy atom. The molecule has 1 N–H and O–H groups in total. The van der Waals surface area contributed by atoms with Gasteiger partial charge in [-0.1, -0.05) is 6.42 Å². The first kappa shape index (κ1) is 12.3. The molecule has 2 atom stereocenters. The number of rotatable bonds is 2. The zero-order chi connectivity index (χ0) is 11.6. The lowest BCUT2D eigenvalue weighted by molar-refractivity contribution is 0.213. The molecular weight excluding hydrogens is 224 g/mol. The first-order chi connectivity index (χ1) is 7.59. The largest absolute Gasteiger partial charge is 0.315 e. The molecule has 1 saturated carbocycles. The van der Waals surface area contributed by atoms with Gasteiger partial charge in [-0.3, -0.25) is 4.90 Å². The topological polar surface area (TPSA) is 49.4 Å². The summed E-state index contributed by atoms with van der Waals surface area (Å²) in [6, 6.07) is 0.273. The molecule has 2 rings (SSSR count). The highest BCUT2D eigenvalue weighted by Gasteiger charge is 2.38. The fourth-order valence-corrected chi connectivity index (χ4v) is 4.50. The molecule has 2 unspecified atom stereocenters. The lowest BCUT2D eigenvalue weighted by Gasteiger charge is -2.30. The maximum Gasteiger partial charge on any atom is 0.151 e. The van der Waals surface area contributed by atoms with Gasteiger partial charge in [0.25, 0.3) is 0 Å². The summed E-state index contributed by atoms with van der Waals surface area (Å²) in [7, 11) is -2.88. The van der Waals surface area contributed by atoms with E-state index in [2.05, 4.69) is 10.2 Å². The van der Waals surface area contributed by atoms with Crippen molar-refractivity contribution < 1.29 is 8.42 Å². The molecular formula is C11H22N2O2S. The Kier molecular flexibility index (Phi) is 3.87. The first-order valence-electron chi connectivity index (χ1n) is 6.22. The van der Waals surface area contributed by atoms with Gasteiger partial charge in [0.1, 0.15) is 0 Å². The van der Waals surface area contributed by atoms with Crippen molar-refractivity contribution in [3.8, 4) is 0 Å². The summed E-state index contributed by atoms with van der Waals surface area (Å²) >= 11 is 0. The standard InChI is InChI=1S/C11H22N2O2S/c1-16(14,15)11-5-2-4-10(11)13-8-3-6-12-7-9-13/h10-12H,2-9H2,1H3. The zero-order valence-corrected chi connectivity index (χ0v) is 10.8. The first-order valence-corrected chi connectivity index (χ1v) is 8.18.